The zero-order chi connectivity index (χ0) is 11.0. The normalized spacial score (nSPS) is 14.4. The number of ether oxygens (including phenoxy) is 2. The monoisotopic (exact) mass is 222 g/mol. The molecule has 0 radical (unpaired) electrons. The van der Waals surface area contributed by atoms with Crippen LogP contribution in [0, 0.1) is 0 Å². The highest BCUT2D eigenvalue weighted by Gasteiger charge is 2.25. The number of rotatable bonds is 8. The van der Waals surface area contributed by atoms with Gasteiger partial charge in [-0.1, -0.05) is 0 Å². The van der Waals surface area contributed by atoms with E-state index in [1.807, 2.05) is 6.92 Å². The molecule has 14 heavy (non-hydrogen) atoms. The molecule has 0 aliphatic rings. The highest BCUT2D eigenvalue weighted by Crippen LogP contribution is 2.08. The van der Waals surface area contributed by atoms with E-state index in [4.69, 9.17) is 19.0 Å². The van der Waals surface area contributed by atoms with Gasteiger partial charge in [0.1, 0.15) is 0 Å². The smallest absolute Gasteiger partial charge is 0.212 e. The molecule has 0 aromatic rings. The maximum atomic E-state index is 8.84. The summed E-state index contributed by atoms with van der Waals surface area (Å²) in [5.41, 5.74) is 0. The SMILES string of the molecule is COCCOC[Si](C)(C)OC(C)CO. The molecule has 0 spiro atoms. The standard InChI is InChI=1S/C9H22O4Si/c1-9(7-10)13-14(3,4)8-12-6-5-11-2/h9-10H,5-8H2,1-4H3. The molecule has 86 valence electrons. The minimum atomic E-state index is -1.78. The summed E-state index contributed by atoms with van der Waals surface area (Å²) in [6.45, 7) is 7.29. The maximum Gasteiger partial charge on any atom is 0.212 e. The molecule has 0 aromatic carbocycles. The van der Waals surface area contributed by atoms with Gasteiger partial charge in [0.15, 0.2) is 0 Å². The van der Waals surface area contributed by atoms with Gasteiger partial charge in [-0.15, -0.1) is 0 Å². The van der Waals surface area contributed by atoms with Crippen LogP contribution in [0.1, 0.15) is 6.92 Å². The predicted molar refractivity (Wildman–Crippen MR) is 57.8 cm³/mol. The Balaban J connectivity index is 3.60. The Kier molecular flexibility index (Phi) is 7.39. The average Bonchev–Trinajstić information content (AvgIpc) is 2.12. The fourth-order valence-electron chi connectivity index (χ4n) is 1.08. The summed E-state index contributed by atoms with van der Waals surface area (Å²) in [6, 6.07) is 0. The van der Waals surface area contributed by atoms with E-state index in [-0.39, 0.29) is 12.7 Å². The van der Waals surface area contributed by atoms with Crippen molar-refractivity contribution in [3.8, 4) is 0 Å². The van der Waals surface area contributed by atoms with Crippen molar-refractivity contribution in [2.45, 2.75) is 26.1 Å². The van der Waals surface area contributed by atoms with Crippen molar-refractivity contribution in [2.24, 2.45) is 0 Å². The summed E-state index contributed by atoms with van der Waals surface area (Å²) in [7, 11) is -0.126. The van der Waals surface area contributed by atoms with Crippen molar-refractivity contribution in [2.75, 3.05) is 33.2 Å². The molecule has 1 atom stereocenters. The van der Waals surface area contributed by atoms with Crippen molar-refractivity contribution < 1.29 is 19.0 Å². The van der Waals surface area contributed by atoms with Crippen LogP contribution in [0.25, 0.3) is 0 Å². The Morgan fingerprint density at radius 3 is 2.43 bits per heavy atom. The van der Waals surface area contributed by atoms with Crippen molar-refractivity contribution in [1.82, 2.24) is 0 Å². The zero-order valence-electron chi connectivity index (χ0n) is 9.58. The van der Waals surface area contributed by atoms with Gasteiger partial charge in [0.25, 0.3) is 0 Å². The summed E-state index contributed by atoms with van der Waals surface area (Å²) in [6.07, 6.45) is 0.545. The Labute approximate surface area is 87.3 Å². The lowest BCUT2D eigenvalue weighted by Gasteiger charge is -2.26. The van der Waals surface area contributed by atoms with Gasteiger partial charge in [-0.25, -0.2) is 0 Å². The first kappa shape index (κ1) is 14.1. The topological polar surface area (TPSA) is 47.9 Å². The van der Waals surface area contributed by atoms with Gasteiger partial charge in [0, 0.05) is 7.11 Å². The average molecular weight is 222 g/mol. The van der Waals surface area contributed by atoms with E-state index in [1.54, 1.807) is 7.11 Å². The molecule has 0 rings (SSSR count). The number of aliphatic hydroxyl groups excluding tert-OH is 1. The van der Waals surface area contributed by atoms with Crippen molar-refractivity contribution in [1.29, 1.82) is 0 Å². The van der Waals surface area contributed by atoms with E-state index in [9.17, 15) is 0 Å². The molecule has 0 heterocycles. The first-order valence-electron chi connectivity index (χ1n) is 4.87. The molecular weight excluding hydrogens is 200 g/mol. The molecule has 0 amide bonds. The third kappa shape index (κ3) is 7.46. The van der Waals surface area contributed by atoms with E-state index >= 15 is 0 Å². The molecule has 0 saturated carbocycles. The Bertz CT molecular complexity index is 141. The summed E-state index contributed by atoms with van der Waals surface area (Å²) < 4.78 is 16.0. The molecule has 0 saturated heterocycles. The Hall–Kier alpha value is 0.0569. The van der Waals surface area contributed by atoms with Crippen LogP contribution in [0.3, 0.4) is 0 Å². The van der Waals surface area contributed by atoms with Crippen LogP contribution in [0.5, 0.6) is 0 Å². The Morgan fingerprint density at radius 2 is 1.93 bits per heavy atom. The van der Waals surface area contributed by atoms with Crippen molar-refractivity contribution in [3.05, 3.63) is 0 Å². The van der Waals surface area contributed by atoms with Crippen molar-refractivity contribution >= 4 is 8.32 Å². The molecule has 1 unspecified atom stereocenters. The lowest BCUT2D eigenvalue weighted by molar-refractivity contribution is 0.0720. The molecule has 0 aliphatic carbocycles. The van der Waals surface area contributed by atoms with E-state index in [1.165, 1.54) is 0 Å². The van der Waals surface area contributed by atoms with Gasteiger partial charge in [-0.3, -0.25) is 0 Å². The summed E-state index contributed by atoms with van der Waals surface area (Å²) in [5.74, 6) is 0. The van der Waals surface area contributed by atoms with Crippen LogP contribution >= 0.6 is 0 Å². The highest BCUT2D eigenvalue weighted by atomic mass is 28.4. The molecule has 0 aliphatic heterocycles. The van der Waals surface area contributed by atoms with Crippen LogP contribution in [0.2, 0.25) is 13.1 Å². The Morgan fingerprint density at radius 1 is 1.29 bits per heavy atom. The minimum Gasteiger partial charge on any atom is -0.410 e. The third-order valence-corrected chi connectivity index (χ3v) is 3.60. The van der Waals surface area contributed by atoms with Crippen LogP contribution < -0.4 is 0 Å². The fourth-order valence-corrected chi connectivity index (χ4v) is 2.94. The van der Waals surface area contributed by atoms with E-state index in [0.717, 1.165) is 0 Å². The molecule has 5 heteroatoms. The van der Waals surface area contributed by atoms with Gasteiger partial charge in [0.2, 0.25) is 8.32 Å². The molecule has 0 bridgehead atoms. The predicted octanol–water partition coefficient (Wildman–Crippen LogP) is 0.791. The summed E-state index contributed by atoms with van der Waals surface area (Å²) in [4.78, 5) is 0. The quantitative estimate of drug-likeness (QED) is 0.487. The number of methoxy groups -OCH3 is 1. The van der Waals surface area contributed by atoms with Crippen LogP contribution in [0.4, 0.5) is 0 Å². The molecule has 0 fully saturated rings. The van der Waals surface area contributed by atoms with Crippen LogP contribution in [-0.4, -0.2) is 52.7 Å². The van der Waals surface area contributed by atoms with Crippen molar-refractivity contribution in [3.63, 3.8) is 0 Å². The van der Waals surface area contributed by atoms with Crippen LogP contribution in [0.15, 0.2) is 0 Å². The molecule has 4 nitrogen and oxygen atoms in total. The second-order valence-electron chi connectivity index (χ2n) is 3.92. The number of hydrogen-bond acceptors (Lipinski definition) is 4. The van der Waals surface area contributed by atoms with E-state index in [2.05, 4.69) is 13.1 Å². The maximum absolute atomic E-state index is 8.84. The molecule has 0 aromatic heterocycles. The lowest BCUT2D eigenvalue weighted by atomic mass is 10.5. The first-order valence-corrected chi connectivity index (χ1v) is 7.98. The lowest BCUT2D eigenvalue weighted by Crippen LogP contribution is -2.41. The zero-order valence-corrected chi connectivity index (χ0v) is 10.6. The second-order valence-corrected chi connectivity index (χ2v) is 7.96. The highest BCUT2D eigenvalue weighted by molar-refractivity contribution is 6.71. The first-order chi connectivity index (χ1) is 6.52. The summed E-state index contributed by atoms with van der Waals surface area (Å²) >= 11 is 0. The minimum absolute atomic E-state index is 0.0640. The van der Waals surface area contributed by atoms with Gasteiger partial charge in [-0.2, -0.15) is 0 Å². The van der Waals surface area contributed by atoms with Gasteiger partial charge < -0.3 is 19.0 Å². The largest absolute Gasteiger partial charge is 0.410 e. The second kappa shape index (κ2) is 7.36. The summed E-state index contributed by atoms with van der Waals surface area (Å²) in [5, 5.41) is 8.84. The molecular formula is C9H22O4Si. The fraction of sp³-hybridized carbons (Fsp3) is 1.00. The van der Waals surface area contributed by atoms with E-state index < -0.39 is 8.32 Å². The van der Waals surface area contributed by atoms with Gasteiger partial charge in [0.05, 0.1) is 32.2 Å². The van der Waals surface area contributed by atoms with Crippen LogP contribution in [-0.2, 0) is 13.9 Å². The van der Waals surface area contributed by atoms with E-state index in [0.29, 0.717) is 19.4 Å². The molecule has 1 N–H and O–H groups in total. The number of aliphatic hydroxyl groups is 1. The van der Waals surface area contributed by atoms with Gasteiger partial charge in [-0.05, 0) is 20.0 Å². The van der Waals surface area contributed by atoms with Gasteiger partial charge >= 0.3 is 0 Å². The number of hydrogen-bond donors (Lipinski definition) is 1. The third-order valence-electron chi connectivity index (χ3n) is 1.66.